The second-order valence-corrected chi connectivity index (χ2v) is 14.9. The highest BCUT2D eigenvalue weighted by atomic mass is 32.3. The molecule has 38 heavy (non-hydrogen) atoms. The third-order valence-corrected chi connectivity index (χ3v) is 12.6. The van der Waals surface area contributed by atoms with Gasteiger partial charge in [0.05, 0.1) is 5.41 Å². The minimum atomic E-state index is -2.22. The van der Waals surface area contributed by atoms with Crippen molar-refractivity contribution in [2.45, 2.75) is 92.2 Å². The number of unbranched alkanes of at least 4 members (excludes halogenated alkanes) is 3. The van der Waals surface area contributed by atoms with Crippen LogP contribution < -0.4 is 0 Å². The van der Waals surface area contributed by atoms with Crippen molar-refractivity contribution in [3.05, 3.63) is 90.5 Å². The van der Waals surface area contributed by atoms with Crippen LogP contribution in [0.4, 0.5) is 0 Å². The van der Waals surface area contributed by atoms with Gasteiger partial charge in [0, 0.05) is 14.7 Å². The summed E-state index contributed by atoms with van der Waals surface area (Å²) in [5.74, 6) is 2.18. The van der Waals surface area contributed by atoms with Crippen molar-refractivity contribution in [2.75, 3.05) is 0 Å². The summed E-state index contributed by atoms with van der Waals surface area (Å²) in [6, 6.07) is 30.1. The molecule has 3 aromatic rings. The number of rotatable bonds is 10. The highest BCUT2D eigenvalue weighted by Crippen LogP contribution is 2.71. The van der Waals surface area contributed by atoms with Gasteiger partial charge in [-0.05, 0) is 121 Å². The van der Waals surface area contributed by atoms with Crippen LogP contribution >= 0.6 is 10.3 Å². The molecule has 0 heterocycles. The van der Waals surface area contributed by atoms with E-state index >= 15 is 0 Å². The summed E-state index contributed by atoms with van der Waals surface area (Å²) < 4.78 is 7.08. The molecule has 3 aromatic carbocycles. The van der Waals surface area contributed by atoms with Crippen LogP contribution in [0.1, 0.15) is 76.7 Å². The fraction of sp³-hybridized carbons (Fsp3) is 0.457. The van der Waals surface area contributed by atoms with Crippen molar-refractivity contribution >= 4 is 16.3 Å². The van der Waals surface area contributed by atoms with Gasteiger partial charge in [0.2, 0.25) is 0 Å². The van der Waals surface area contributed by atoms with Crippen molar-refractivity contribution in [1.82, 2.24) is 0 Å². The first kappa shape index (κ1) is 25.7. The average molecular weight is 527 g/mol. The Morgan fingerprint density at radius 3 is 1.71 bits per heavy atom. The van der Waals surface area contributed by atoms with Crippen LogP contribution in [0.25, 0.3) is 0 Å². The summed E-state index contributed by atoms with van der Waals surface area (Å²) in [5.41, 5.74) is 1.07. The second-order valence-electron chi connectivity index (χ2n) is 12.2. The minimum Gasteiger partial charge on any atom is -0.402 e. The Morgan fingerprint density at radius 2 is 1.21 bits per heavy atom. The first-order chi connectivity index (χ1) is 18.6. The van der Waals surface area contributed by atoms with Crippen LogP contribution in [-0.2, 0) is 15.4 Å². The number of hydrogen-bond donors (Lipinski definition) is 0. The molecule has 3 heteroatoms. The SMILES string of the molecule is CCCCCCc1ccc(S(OC(=O)C23CC4CC(CC(C4)C2)C3)(c2ccccc2)c2ccccc2)cc1. The molecule has 7 rings (SSSR count). The molecule has 0 radical (unpaired) electrons. The summed E-state index contributed by atoms with van der Waals surface area (Å²) in [4.78, 5) is 17.8. The van der Waals surface area contributed by atoms with Crippen molar-refractivity contribution in [3.63, 3.8) is 0 Å². The maximum absolute atomic E-state index is 14.5. The average Bonchev–Trinajstić information content (AvgIpc) is 2.95. The van der Waals surface area contributed by atoms with Gasteiger partial charge in [-0.2, -0.15) is 0 Å². The Kier molecular flexibility index (Phi) is 7.40. The lowest BCUT2D eigenvalue weighted by Crippen LogP contribution is -2.50. The number of benzene rings is 3. The van der Waals surface area contributed by atoms with Crippen LogP contribution in [0.2, 0.25) is 0 Å². The van der Waals surface area contributed by atoms with E-state index in [1.54, 1.807) is 0 Å². The molecule has 4 fully saturated rings. The minimum absolute atomic E-state index is 0.0583. The first-order valence-corrected chi connectivity index (χ1v) is 16.4. The van der Waals surface area contributed by atoms with E-state index in [1.165, 1.54) is 50.5 Å². The molecule has 4 aliphatic rings. The second kappa shape index (κ2) is 10.9. The number of carbonyl (C=O) groups is 1. The predicted molar refractivity (Wildman–Crippen MR) is 156 cm³/mol. The molecule has 200 valence electrons. The number of carbonyl (C=O) groups excluding carboxylic acids is 1. The zero-order valence-corrected chi connectivity index (χ0v) is 23.6. The fourth-order valence-electron chi connectivity index (χ4n) is 7.94. The van der Waals surface area contributed by atoms with Gasteiger partial charge >= 0.3 is 5.97 Å². The molecular weight excluding hydrogens is 484 g/mol. The zero-order valence-electron chi connectivity index (χ0n) is 22.8. The van der Waals surface area contributed by atoms with Gasteiger partial charge in [0.1, 0.15) is 0 Å². The molecule has 0 saturated heterocycles. The van der Waals surface area contributed by atoms with Gasteiger partial charge in [0.15, 0.2) is 0 Å². The molecule has 0 aromatic heterocycles. The molecule has 2 nitrogen and oxygen atoms in total. The van der Waals surface area contributed by atoms with Crippen LogP contribution in [0.5, 0.6) is 0 Å². The summed E-state index contributed by atoms with van der Waals surface area (Å²) in [7, 11) is -2.22. The molecule has 4 saturated carbocycles. The quantitative estimate of drug-likeness (QED) is 0.246. The van der Waals surface area contributed by atoms with E-state index < -0.39 is 10.3 Å². The van der Waals surface area contributed by atoms with Gasteiger partial charge in [-0.1, -0.05) is 74.7 Å². The monoisotopic (exact) mass is 526 g/mol. The van der Waals surface area contributed by atoms with Crippen molar-refractivity contribution in [3.8, 4) is 0 Å². The first-order valence-electron chi connectivity index (χ1n) is 14.9. The number of aryl methyl sites for hydroxylation is 1. The zero-order chi connectivity index (χ0) is 26.0. The Labute approximate surface area is 230 Å². The van der Waals surface area contributed by atoms with Crippen LogP contribution in [0, 0.1) is 23.2 Å². The molecule has 4 bridgehead atoms. The Morgan fingerprint density at radius 1 is 0.711 bits per heavy atom. The van der Waals surface area contributed by atoms with E-state index in [1.807, 2.05) is 0 Å². The van der Waals surface area contributed by atoms with Crippen LogP contribution in [0.3, 0.4) is 0 Å². The molecule has 4 aliphatic carbocycles. The van der Waals surface area contributed by atoms with Gasteiger partial charge in [0.25, 0.3) is 0 Å². The van der Waals surface area contributed by atoms with E-state index in [0.717, 1.165) is 40.4 Å². The summed E-state index contributed by atoms with van der Waals surface area (Å²) in [5, 5.41) is 0. The Balaban J connectivity index is 1.40. The highest BCUT2D eigenvalue weighted by molar-refractivity contribution is 8.30. The van der Waals surface area contributed by atoms with Crippen molar-refractivity contribution in [2.24, 2.45) is 23.2 Å². The molecule has 0 spiro atoms. The molecule has 0 aliphatic heterocycles. The lowest BCUT2D eigenvalue weighted by molar-refractivity contribution is -0.160. The van der Waals surface area contributed by atoms with Crippen molar-refractivity contribution < 1.29 is 8.98 Å². The lowest BCUT2D eigenvalue weighted by Gasteiger charge is -2.56. The molecule has 0 atom stereocenters. The topological polar surface area (TPSA) is 26.3 Å². The van der Waals surface area contributed by atoms with Gasteiger partial charge in [-0.15, -0.1) is 0 Å². The van der Waals surface area contributed by atoms with E-state index in [0.29, 0.717) is 17.8 Å². The van der Waals surface area contributed by atoms with E-state index in [9.17, 15) is 4.79 Å². The maximum Gasteiger partial charge on any atom is 0.323 e. The molecule has 0 unspecified atom stereocenters. The maximum atomic E-state index is 14.5. The van der Waals surface area contributed by atoms with Gasteiger partial charge in [-0.25, -0.2) is 0 Å². The van der Waals surface area contributed by atoms with E-state index in [2.05, 4.69) is 91.9 Å². The predicted octanol–water partition coefficient (Wildman–Crippen LogP) is 9.77. The third kappa shape index (κ3) is 4.83. The Bertz CT molecular complexity index is 1140. The summed E-state index contributed by atoms with van der Waals surface area (Å²) in [6.45, 7) is 2.26. The molecule has 0 amide bonds. The fourth-order valence-corrected chi connectivity index (χ4v) is 11.1. The third-order valence-electron chi connectivity index (χ3n) is 9.40. The smallest absolute Gasteiger partial charge is 0.323 e. The van der Waals surface area contributed by atoms with Gasteiger partial charge in [-0.3, -0.25) is 4.79 Å². The van der Waals surface area contributed by atoms with Gasteiger partial charge < -0.3 is 4.18 Å². The van der Waals surface area contributed by atoms with E-state index in [-0.39, 0.29) is 11.4 Å². The highest BCUT2D eigenvalue weighted by Gasteiger charge is 2.57. The van der Waals surface area contributed by atoms with Crippen LogP contribution in [-0.4, -0.2) is 5.97 Å². The molecular formula is C35H42O2S. The lowest BCUT2D eigenvalue weighted by atomic mass is 9.49. The number of hydrogen-bond acceptors (Lipinski definition) is 2. The largest absolute Gasteiger partial charge is 0.402 e. The van der Waals surface area contributed by atoms with Crippen molar-refractivity contribution in [1.29, 1.82) is 0 Å². The summed E-state index contributed by atoms with van der Waals surface area (Å²) >= 11 is 0. The van der Waals surface area contributed by atoms with E-state index in [4.69, 9.17) is 4.18 Å². The Hall–Kier alpha value is -2.52. The molecule has 0 N–H and O–H groups in total. The normalized spacial score (nSPS) is 26.3. The van der Waals surface area contributed by atoms with Crippen LogP contribution in [0.15, 0.2) is 99.6 Å². The standard InChI is InChI=1S/C35H42O2S/c1-2-3-4-7-12-27-17-19-33(20-18-27)38(31-13-8-5-9-14-31,32-15-10-6-11-16-32)37-34(36)35-24-28-21-29(25-35)23-30(22-28)26-35/h5-6,8-11,13-20,28-30H,2-4,7,12,21-26H2,1H3. The summed E-state index contributed by atoms with van der Waals surface area (Å²) in [6.07, 6.45) is 13.2.